The summed E-state index contributed by atoms with van der Waals surface area (Å²) < 4.78 is 5.90. The summed E-state index contributed by atoms with van der Waals surface area (Å²) in [6.07, 6.45) is 11.2. The number of morpholine rings is 1. The maximum atomic E-state index is 12.3. The Morgan fingerprint density at radius 1 is 1.12 bits per heavy atom. The number of rotatable bonds is 9. The Hall–Kier alpha value is -0.650. The molecule has 0 radical (unpaired) electrons. The lowest BCUT2D eigenvalue weighted by molar-refractivity contribution is -0.129. The van der Waals surface area contributed by atoms with Crippen LogP contribution in [0.1, 0.15) is 78.1 Å². The second-order valence-corrected chi connectivity index (χ2v) is 8.54. The first-order valence-electron chi connectivity index (χ1n) is 10.3. The molecular weight excluding hydrogens is 314 g/mol. The van der Waals surface area contributed by atoms with E-state index in [1.54, 1.807) is 0 Å². The minimum Gasteiger partial charge on any atom is -0.373 e. The Kier molecular flexibility index (Phi) is 8.17. The van der Waals surface area contributed by atoms with E-state index in [2.05, 4.69) is 24.1 Å². The van der Waals surface area contributed by atoms with Crippen LogP contribution >= 0.6 is 0 Å². The fourth-order valence-electron chi connectivity index (χ4n) is 4.37. The molecule has 1 aliphatic heterocycles. The lowest BCUT2D eigenvalue weighted by Gasteiger charge is -2.51. The molecule has 2 rings (SSSR count). The molecule has 2 aliphatic rings. The number of carbonyl (C=O) groups is 1. The first-order valence-corrected chi connectivity index (χ1v) is 10.3. The summed E-state index contributed by atoms with van der Waals surface area (Å²) in [4.78, 5) is 14.9. The van der Waals surface area contributed by atoms with Crippen LogP contribution in [0.3, 0.4) is 0 Å². The molecule has 0 atom stereocenters. The van der Waals surface area contributed by atoms with Crippen LogP contribution in [-0.2, 0) is 9.53 Å². The van der Waals surface area contributed by atoms with Gasteiger partial charge in [-0.2, -0.15) is 0 Å². The van der Waals surface area contributed by atoms with Gasteiger partial charge in [0, 0.05) is 31.6 Å². The van der Waals surface area contributed by atoms with E-state index in [9.17, 15) is 4.79 Å². The first-order chi connectivity index (χ1) is 12.0. The Morgan fingerprint density at radius 3 is 2.52 bits per heavy atom. The van der Waals surface area contributed by atoms with Crippen molar-refractivity contribution in [3.8, 4) is 0 Å². The summed E-state index contributed by atoms with van der Waals surface area (Å²) in [5, 5.41) is 3.26. The molecule has 1 saturated carbocycles. The van der Waals surface area contributed by atoms with Crippen LogP contribution < -0.4 is 11.1 Å². The van der Waals surface area contributed by atoms with Crippen LogP contribution in [0.2, 0.25) is 0 Å². The number of amides is 1. The van der Waals surface area contributed by atoms with Gasteiger partial charge in [0.1, 0.15) is 0 Å². The maximum absolute atomic E-state index is 12.3. The van der Waals surface area contributed by atoms with E-state index in [1.807, 2.05) is 0 Å². The van der Waals surface area contributed by atoms with Gasteiger partial charge in [-0.05, 0) is 46.1 Å². The topological polar surface area (TPSA) is 67.6 Å². The van der Waals surface area contributed by atoms with Gasteiger partial charge < -0.3 is 15.8 Å². The van der Waals surface area contributed by atoms with Crippen molar-refractivity contribution in [2.24, 2.45) is 5.73 Å². The molecule has 3 N–H and O–H groups in total. The van der Waals surface area contributed by atoms with Crippen molar-refractivity contribution < 1.29 is 9.53 Å². The average Bonchev–Trinajstić information content (AvgIpc) is 2.60. The van der Waals surface area contributed by atoms with E-state index in [4.69, 9.17) is 10.5 Å². The van der Waals surface area contributed by atoms with Crippen LogP contribution in [0.5, 0.6) is 0 Å². The van der Waals surface area contributed by atoms with Crippen LogP contribution in [0.4, 0.5) is 0 Å². The zero-order valence-corrected chi connectivity index (χ0v) is 16.4. The number of ether oxygens (including phenoxy) is 1. The van der Waals surface area contributed by atoms with E-state index >= 15 is 0 Å². The second-order valence-electron chi connectivity index (χ2n) is 8.54. The second kappa shape index (κ2) is 9.89. The highest BCUT2D eigenvalue weighted by atomic mass is 16.5. The molecule has 1 amide bonds. The molecule has 146 valence electrons. The lowest BCUT2D eigenvalue weighted by Crippen LogP contribution is -2.63. The van der Waals surface area contributed by atoms with Gasteiger partial charge in [-0.3, -0.25) is 9.69 Å². The minimum atomic E-state index is -0.0876. The van der Waals surface area contributed by atoms with Gasteiger partial charge >= 0.3 is 0 Å². The molecule has 0 unspecified atom stereocenters. The van der Waals surface area contributed by atoms with E-state index < -0.39 is 0 Å². The molecule has 0 spiro atoms. The Balaban J connectivity index is 1.84. The molecule has 0 bridgehead atoms. The van der Waals surface area contributed by atoms with Gasteiger partial charge in [0.25, 0.3) is 0 Å². The summed E-state index contributed by atoms with van der Waals surface area (Å²) >= 11 is 0. The molecule has 2 fully saturated rings. The highest BCUT2D eigenvalue weighted by Crippen LogP contribution is 2.36. The molecule has 0 aromatic heterocycles. The predicted octanol–water partition coefficient (Wildman–Crippen LogP) is 2.83. The molecular formula is C20H39N3O2. The third-order valence-electron chi connectivity index (χ3n) is 5.85. The number of hydrogen-bond acceptors (Lipinski definition) is 4. The third kappa shape index (κ3) is 6.54. The maximum Gasteiger partial charge on any atom is 0.220 e. The van der Waals surface area contributed by atoms with Gasteiger partial charge in [0.05, 0.1) is 12.2 Å². The first kappa shape index (κ1) is 20.7. The summed E-state index contributed by atoms with van der Waals surface area (Å²) in [7, 11) is 0. The van der Waals surface area contributed by atoms with Crippen LogP contribution in [-0.4, -0.2) is 54.7 Å². The average molecular weight is 354 g/mol. The standard InChI is InChI=1S/C20H39N3O2/c1-19(2)17-23(14-15-25-19)20(11-7-5-8-12-20)16-22-18(24)10-6-3-4-9-13-21/h3-17,21H2,1-2H3,(H,22,24). The van der Waals surface area contributed by atoms with Gasteiger partial charge in [0.15, 0.2) is 0 Å². The fourth-order valence-corrected chi connectivity index (χ4v) is 4.37. The summed E-state index contributed by atoms with van der Waals surface area (Å²) in [5.41, 5.74) is 5.56. The Morgan fingerprint density at radius 2 is 1.84 bits per heavy atom. The van der Waals surface area contributed by atoms with Crippen molar-refractivity contribution in [2.45, 2.75) is 89.2 Å². The number of unbranched alkanes of at least 4 members (excludes halogenated alkanes) is 3. The number of nitrogens with zero attached hydrogens (tertiary/aromatic N) is 1. The quantitative estimate of drug-likeness (QED) is 0.626. The van der Waals surface area contributed by atoms with E-state index in [1.165, 1.54) is 32.1 Å². The van der Waals surface area contributed by atoms with Gasteiger partial charge in [-0.25, -0.2) is 0 Å². The SMILES string of the molecule is CC1(C)CN(C2(CNC(=O)CCCCCCN)CCCCC2)CCO1. The fraction of sp³-hybridized carbons (Fsp3) is 0.950. The van der Waals surface area contributed by atoms with Gasteiger partial charge in [-0.15, -0.1) is 0 Å². The number of nitrogens with two attached hydrogens (primary N) is 1. The zero-order chi connectivity index (χ0) is 18.2. The summed E-state index contributed by atoms with van der Waals surface area (Å²) in [6.45, 7) is 8.64. The van der Waals surface area contributed by atoms with Crippen molar-refractivity contribution >= 4 is 5.91 Å². The van der Waals surface area contributed by atoms with Crippen molar-refractivity contribution in [1.29, 1.82) is 0 Å². The van der Waals surface area contributed by atoms with Crippen LogP contribution in [0.25, 0.3) is 0 Å². The van der Waals surface area contributed by atoms with E-state index in [-0.39, 0.29) is 17.0 Å². The molecule has 1 aliphatic carbocycles. The molecule has 1 saturated heterocycles. The van der Waals surface area contributed by atoms with Crippen LogP contribution in [0, 0.1) is 0 Å². The smallest absolute Gasteiger partial charge is 0.220 e. The third-order valence-corrected chi connectivity index (χ3v) is 5.85. The predicted molar refractivity (Wildman–Crippen MR) is 103 cm³/mol. The normalized spacial score (nSPS) is 23.3. The minimum absolute atomic E-state index is 0.0876. The summed E-state index contributed by atoms with van der Waals surface area (Å²) in [5.74, 6) is 0.213. The molecule has 5 heteroatoms. The molecule has 5 nitrogen and oxygen atoms in total. The van der Waals surface area contributed by atoms with Crippen molar-refractivity contribution in [3.05, 3.63) is 0 Å². The van der Waals surface area contributed by atoms with Crippen LogP contribution in [0.15, 0.2) is 0 Å². The molecule has 1 heterocycles. The monoisotopic (exact) mass is 353 g/mol. The van der Waals surface area contributed by atoms with Crippen molar-refractivity contribution in [3.63, 3.8) is 0 Å². The highest BCUT2D eigenvalue weighted by Gasteiger charge is 2.42. The van der Waals surface area contributed by atoms with Crippen molar-refractivity contribution in [1.82, 2.24) is 10.2 Å². The Labute approximate surface area is 154 Å². The molecule has 0 aromatic rings. The van der Waals surface area contributed by atoms with E-state index in [0.29, 0.717) is 6.42 Å². The number of nitrogens with one attached hydrogen (secondary N) is 1. The molecule has 0 aromatic carbocycles. The van der Waals surface area contributed by atoms with Gasteiger partial charge in [-0.1, -0.05) is 32.1 Å². The number of carbonyl (C=O) groups excluding carboxylic acids is 1. The largest absolute Gasteiger partial charge is 0.373 e. The van der Waals surface area contributed by atoms with Gasteiger partial charge in [0.2, 0.25) is 5.91 Å². The lowest BCUT2D eigenvalue weighted by atomic mass is 9.79. The molecule has 25 heavy (non-hydrogen) atoms. The Bertz CT molecular complexity index is 406. The van der Waals surface area contributed by atoms with E-state index in [0.717, 1.165) is 58.5 Å². The van der Waals surface area contributed by atoms with Crippen molar-refractivity contribution in [2.75, 3.05) is 32.8 Å². The summed E-state index contributed by atoms with van der Waals surface area (Å²) in [6, 6.07) is 0. The number of hydrogen-bond donors (Lipinski definition) is 2. The zero-order valence-electron chi connectivity index (χ0n) is 16.4. The highest BCUT2D eigenvalue weighted by molar-refractivity contribution is 5.75.